The molecular weight excluding hydrogens is 358 g/mol. The smallest absolute Gasteiger partial charge is 0.328 e. The molecule has 2 aliphatic rings. The van der Waals surface area contributed by atoms with Crippen LogP contribution in [0.4, 0.5) is 5.69 Å². The van der Waals surface area contributed by atoms with Gasteiger partial charge in [0, 0.05) is 31.8 Å². The number of hydrogen-bond donors (Lipinski definition) is 1. The Bertz CT molecular complexity index is 908. The number of carbonyl (C=O) groups excluding carboxylic acids is 1. The van der Waals surface area contributed by atoms with Gasteiger partial charge in [-0.3, -0.25) is 14.5 Å². The number of rotatable bonds is 4. The van der Waals surface area contributed by atoms with Crippen molar-refractivity contribution in [3.63, 3.8) is 0 Å². The van der Waals surface area contributed by atoms with Crippen molar-refractivity contribution in [2.75, 3.05) is 11.6 Å². The van der Waals surface area contributed by atoms with Crippen LogP contribution in [0.5, 0.6) is 0 Å². The fourth-order valence-electron chi connectivity index (χ4n) is 3.95. The van der Waals surface area contributed by atoms with Gasteiger partial charge in [0.15, 0.2) is 6.04 Å². The highest BCUT2D eigenvalue weighted by Gasteiger charge is 2.39. The number of likely N-dealkylation sites (tertiary alicyclic amines) is 1. The lowest BCUT2D eigenvalue weighted by Crippen LogP contribution is -2.42. The Morgan fingerprint density at radius 1 is 1.18 bits per heavy atom. The number of hydrazone groups is 1. The van der Waals surface area contributed by atoms with E-state index >= 15 is 0 Å². The van der Waals surface area contributed by atoms with Crippen molar-refractivity contribution in [1.82, 2.24) is 14.7 Å². The minimum Gasteiger partial charge on any atom is -0.480 e. The molecule has 1 aromatic heterocycles. The standard InChI is InChI=1S/C20H23N5O3/c1-23-13-14(12-21-23)17-9-5-6-10-24(17)19(26)16-11-18(20(27)28)25(22-16)15-7-3-2-4-8-15/h2-4,7-8,12-13,17-18H,5-6,9-11H2,1H3,(H,27,28). The predicted molar refractivity (Wildman–Crippen MR) is 104 cm³/mol. The summed E-state index contributed by atoms with van der Waals surface area (Å²) in [6.45, 7) is 0.639. The SMILES string of the molecule is Cn1cc(C2CCCCN2C(=O)C2=NN(c3ccccc3)C(C(=O)O)C2)cn1. The average molecular weight is 381 g/mol. The van der Waals surface area contributed by atoms with Crippen LogP contribution in [0, 0.1) is 0 Å². The van der Waals surface area contributed by atoms with E-state index < -0.39 is 12.0 Å². The molecule has 0 spiro atoms. The number of nitrogens with zero attached hydrogens (tertiary/aromatic N) is 5. The van der Waals surface area contributed by atoms with Crippen molar-refractivity contribution in [2.24, 2.45) is 12.1 Å². The van der Waals surface area contributed by atoms with Gasteiger partial charge < -0.3 is 10.0 Å². The molecule has 8 nitrogen and oxygen atoms in total. The van der Waals surface area contributed by atoms with Gasteiger partial charge in [-0.05, 0) is 31.4 Å². The molecular formula is C20H23N5O3. The van der Waals surface area contributed by atoms with E-state index in [0.29, 0.717) is 17.9 Å². The second kappa shape index (κ2) is 7.46. The zero-order chi connectivity index (χ0) is 19.7. The molecule has 2 atom stereocenters. The fourth-order valence-corrected chi connectivity index (χ4v) is 3.95. The number of benzene rings is 1. The van der Waals surface area contributed by atoms with Crippen molar-refractivity contribution >= 4 is 23.3 Å². The molecule has 1 aromatic carbocycles. The van der Waals surface area contributed by atoms with Crippen LogP contribution in [-0.2, 0) is 16.6 Å². The highest BCUT2D eigenvalue weighted by Crippen LogP contribution is 2.32. The quantitative estimate of drug-likeness (QED) is 0.877. The molecule has 2 aliphatic heterocycles. The van der Waals surface area contributed by atoms with Gasteiger partial charge >= 0.3 is 5.97 Å². The Kier molecular flexibility index (Phi) is 4.85. The monoisotopic (exact) mass is 381 g/mol. The topological polar surface area (TPSA) is 91.0 Å². The number of hydrogen-bond acceptors (Lipinski definition) is 5. The van der Waals surface area contributed by atoms with E-state index in [2.05, 4.69) is 10.2 Å². The summed E-state index contributed by atoms with van der Waals surface area (Å²) in [7, 11) is 1.86. The van der Waals surface area contributed by atoms with E-state index in [-0.39, 0.29) is 18.4 Å². The number of anilines is 1. The molecule has 28 heavy (non-hydrogen) atoms. The molecule has 8 heteroatoms. The second-order valence-electron chi connectivity index (χ2n) is 7.24. The molecule has 1 N–H and O–H groups in total. The fraction of sp³-hybridized carbons (Fsp3) is 0.400. The van der Waals surface area contributed by atoms with Crippen molar-refractivity contribution < 1.29 is 14.7 Å². The van der Waals surface area contributed by atoms with Crippen LogP contribution in [0.25, 0.3) is 0 Å². The first-order valence-corrected chi connectivity index (χ1v) is 9.48. The molecule has 0 aliphatic carbocycles. The highest BCUT2D eigenvalue weighted by molar-refractivity contribution is 6.40. The number of aliphatic carboxylic acids is 1. The first kappa shape index (κ1) is 18.2. The van der Waals surface area contributed by atoms with E-state index in [1.165, 1.54) is 5.01 Å². The van der Waals surface area contributed by atoms with Gasteiger partial charge in [-0.15, -0.1) is 0 Å². The predicted octanol–water partition coefficient (Wildman–Crippen LogP) is 2.19. The van der Waals surface area contributed by atoms with Crippen LogP contribution in [0.3, 0.4) is 0 Å². The van der Waals surface area contributed by atoms with Crippen LogP contribution in [0.15, 0.2) is 47.8 Å². The van der Waals surface area contributed by atoms with Gasteiger partial charge in [0.1, 0.15) is 5.71 Å². The normalized spacial score (nSPS) is 22.2. The van der Waals surface area contributed by atoms with Crippen molar-refractivity contribution in [3.05, 3.63) is 48.3 Å². The number of carboxylic acids is 1. The summed E-state index contributed by atoms with van der Waals surface area (Å²) >= 11 is 0. The van der Waals surface area contributed by atoms with Gasteiger partial charge in [-0.1, -0.05) is 18.2 Å². The van der Waals surface area contributed by atoms with Gasteiger partial charge in [0.05, 0.1) is 17.9 Å². The lowest BCUT2D eigenvalue weighted by molar-refractivity contribution is -0.138. The average Bonchev–Trinajstić information content (AvgIpc) is 3.35. The molecule has 2 aromatic rings. The van der Waals surface area contributed by atoms with Gasteiger partial charge in [0.2, 0.25) is 0 Å². The molecule has 1 amide bonds. The van der Waals surface area contributed by atoms with Crippen molar-refractivity contribution in [3.8, 4) is 0 Å². The summed E-state index contributed by atoms with van der Waals surface area (Å²) in [5, 5.41) is 19.7. The van der Waals surface area contributed by atoms with Crippen molar-refractivity contribution in [2.45, 2.75) is 37.8 Å². The molecule has 0 radical (unpaired) electrons. The number of amides is 1. The third-order valence-electron chi connectivity index (χ3n) is 5.34. The number of aromatic nitrogens is 2. The van der Waals surface area contributed by atoms with E-state index in [1.807, 2.05) is 36.3 Å². The van der Waals surface area contributed by atoms with Gasteiger partial charge in [-0.25, -0.2) is 4.79 Å². The largest absolute Gasteiger partial charge is 0.480 e. The van der Waals surface area contributed by atoms with Crippen LogP contribution in [-0.4, -0.2) is 50.0 Å². The minimum absolute atomic E-state index is 0.0493. The minimum atomic E-state index is -0.988. The third kappa shape index (κ3) is 3.37. The zero-order valence-corrected chi connectivity index (χ0v) is 15.7. The Morgan fingerprint density at radius 2 is 1.96 bits per heavy atom. The maximum absolute atomic E-state index is 13.3. The Morgan fingerprint density at radius 3 is 2.64 bits per heavy atom. The molecule has 0 saturated carbocycles. The zero-order valence-electron chi connectivity index (χ0n) is 15.7. The third-order valence-corrected chi connectivity index (χ3v) is 5.34. The van der Waals surface area contributed by atoms with E-state index in [0.717, 1.165) is 24.8 Å². The van der Waals surface area contributed by atoms with Crippen molar-refractivity contribution in [1.29, 1.82) is 0 Å². The summed E-state index contributed by atoms with van der Waals surface area (Å²) in [6, 6.07) is 8.18. The molecule has 2 unspecified atom stereocenters. The number of aryl methyl sites for hydroxylation is 1. The summed E-state index contributed by atoms with van der Waals surface area (Å²) in [5.74, 6) is -1.17. The molecule has 4 rings (SSSR count). The van der Waals surface area contributed by atoms with E-state index in [9.17, 15) is 14.7 Å². The lowest BCUT2D eigenvalue weighted by atomic mass is 9.96. The summed E-state index contributed by atoms with van der Waals surface area (Å²) in [6.07, 6.45) is 6.67. The van der Waals surface area contributed by atoms with E-state index in [4.69, 9.17) is 0 Å². The van der Waals surface area contributed by atoms with Crippen LogP contribution in [0.2, 0.25) is 0 Å². The number of piperidine rings is 1. The Labute approximate surface area is 163 Å². The van der Waals surface area contributed by atoms with Crippen LogP contribution in [0.1, 0.15) is 37.3 Å². The van der Waals surface area contributed by atoms with E-state index in [1.54, 1.807) is 23.0 Å². The molecule has 146 valence electrons. The van der Waals surface area contributed by atoms with Crippen LogP contribution < -0.4 is 5.01 Å². The summed E-state index contributed by atoms with van der Waals surface area (Å²) in [5.41, 5.74) is 1.97. The molecule has 1 saturated heterocycles. The van der Waals surface area contributed by atoms with Crippen LogP contribution >= 0.6 is 0 Å². The van der Waals surface area contributed by atoms with Gasteiger partial charge in [0.25, 0.3) is 5.91 Å². The maximum atomic E-state index is 13.3. The summed E-state index contributed by atoms with van der Waals surface area (Å²) < 4.78 is 1.73. The number of para-hydroxylation sites is 1. The number of carboxylic acid groups (broad SMARTS) is 1. The second-order valence-corrected chi connectivity index (χ2v) is 7.24. The highest BCUT2D eigenvalue weighted by atomic mass is 16.4. The summed E-state index contributed by atoms with van der Waals surface area (Å²) in [4.78, 5) is 26.9. The first-order chi connectivity index (χ1) is 13.5. The molecule has 0 bridgehead atoms. The Balaban J connectivity index is 1.61. The Hall–Kier alpha value is -3.16. The lowest BCUT2D eigenvalue weighted by Gasteiger charge is -2.35. The molecule has 1 fully saturated rings. The maximum Gasteiger partial charge on any atom is 0.328 e. The first-order valence-electron chi connectivity index (χ1n) is 9.48. The molecule has 3 heterocycles. The number of carbonyl (C=O) groups is 2. The van der Waals surface area contributed by atoms with Gasteiger partial charge in [-0.2, -0.15) is 10.2 Å².